The topological polar surface area (TPSA) is 129 Å². The number of nitrogens with zero attached hydrogens (tertiary/aromatic N) is 5. The SMILES string of the molecule is CC(C)(N)C(=O)N1CCN(C(=O)Nc2ccn(-c3ccc(CN4C[C@@H]5CN[C@@H]5C4)cc3)c(=O)n2)CC1.Cl. The number of fused-ring (bicyclic) bond motifs is 1. The molecule has 0 saturated carbocycles. The van der Waals surface area contributed by atoms with Crippen LogP contribution in [0.2, 0.25) is 0 Å². The molecule has 12 heteroatoms. The lowest BCUT2D eigenvalue weighted by molar-refractivity contribution is -0.137. The van der Waals surface area contributed by atoms with Gasteiger partial charge in [-0.3, -0.25) is 19.6 Å². The number of halogens is 1. The molecular weight excluding hydrogens is 496 g/mol. The number of rotatable bonds is 5. The van der Waals surface area contributed by atoms with Crippen LogP contribution in [-0.4, -0.2) is 93.6 Å². The highest BCUT2D eigenvalue weighted by atomic mass is 35.5. The summed E-state index contributed by atoms with van der Waals surface area (Å²) in [6.45, 7) is 9.17. The first-order chi connectivity index (χ1) is 17.2. The first kappa shape index (κ1) is 27.1. The molecule has 2 atom stereocenters. The maximum atomic E-state index is 12.7. The van der Waals surface area contributed by atoms with Gasteiger partial charge in [0.15, 0.2) is 0 Å². The smallest absolute Gasteiger partial charge is 0.338 e. The van der Waals surface area contributed by atoms with E-state index in [9.17, 15) is 14.4 Å². The van der Waals surface area contributed by atoms with Crippen molar-refractivity contribution in [1.82, 2.24) is 29.6 Å². The predicted octanol–water partition coefficient (Wildman–Crippen LogP) is 0.471. The van der Waals surface area contributed by atoms with Crippen LogP contribution in [0.1, 0.15) is 19.4 Å². The van der Waals surface area contributed by atoms with Gasteiger partial charge in [0.2, 0.25) is 5.91 Å². The Labute approximate surface area is 222 Å². The molecule has 1 aromatic carbocycles. The molecule has 37 heavy (non-hydrogen) atoms. The largest absolute Gasteiger partial charge is 0.354 e. The fraction of sp³-hybridized carbons (Fsp3) is 0.520. The number of hydrogen-bond acceptors (Lipinski definition) is 7. The molecule has 3 aliphatic heterocycles. The second-order valence-corrected chi connectivity index (χ2v) is 10.5. The number of amides is 3. The zero-order valence-corrected chi connectivity index (χ0v) is 22.0. The second-order valence-electron chi connectivity index (χ2n) is 10.5. The van der Waals surface area contributed by atoms with Gasteiger partial charge in [-0.05, 0) is 37.6 Å². The second kappa shape index (κ2) is 10.8. The molecule has 3 fully saturated rings. The van der Waals surface area contributed by atoms with Gasteiger partial charge in [-0.25, -0.2) is 9.59 Å². The van der Waals surface area contributed by atoms with Crippen molar-refractivity contribution in [1.29, 1.82) is 0 Å². The van der Waals surface area contributed by atoms with Crippen molar-refractivity contribution in [2.24, 2.45) is 11.7 Å². The zero-order valence-electron chi connectivity index (χ0n) is 21.2. The Bertz CT molecular complexity index is 1180. The molecule has 4 heterocycles. The molecule has 0 spiro atoms. The van der Waals surface area contributed by atoms with E-state index in [4.69, 9.17) is 5.73 Å². The van der Waals surface area contributed by atoms with E-state index in [1.807, 2.05) is 24.3 Å². The highest BCUT2D eigenvalue weighted by Gasteiger charge is 2.38. The average Bonchev–Trinajstić information content (AvgIpc) is 3.12. The first-order valence-electron chi connectivity index (χ1n) is 12.5. The van der Waals surface area contributed by atoms with Crippen molar-refractivity contribution in [3.63, 3.8) is 0 Å². The van der Waals surface area contributed by atoms with Crippen LogP contribution in [-0.2, 0) is 11.3 Å². The summed E-state index contributed by atoms with van der Waals surface area (Å²) in [6.07, 6.45) is 1.61. The number of benzene rings is 1. The van der Waals surface area contributed by atoms with Crippen molar-refractivity contribution in [2.75, 3.05) is 51.1 Å². The summed E-state index contributed by atoms with van der Waals surface area (Å²) < 4.78 is 1.46. The fourth-order valence-corrected chi connectivity index (χ4v) is 5.07. The Morgan fingerprint density at radius 1 is 1.08 bits per heavy atom. The molecule has 3 amide bonds. The van der Waals surface area contributed by atoms with E-state index in [0.717, 1.165) is 37.8 Å². The lowest BCUT2D eigenvalue weighted by Crippen LogP contribution is -2.58. The summed E-state index contributed by atoms with van der Waals surface area (Å²) in [5.41, 5.74) is 6.42. The molecule has 5 rings (SSSR count). The molecule has 2 aromatic rings. The maximum Gasteiger partial charge on any atom is 0.354 e. The van der Waals surface area contributed by atoms with Crippen LogP contribution in [0.3, 0.4) is 0 Å². The van der Waals surface area contributed by atoms with Gasteiger partial charge in [-0.1, -0.05) is 12.1 Å². The van der Waals surface area contributed by atoms with Crippen LogP contribution in [0.4, 0.5) is 10.6 Å². The lowest BCUT2D eigenvalue weighted by atomic mass is 9.96. The number of aromatic nitrogens is 2. The third-order valence-corrected chi connectivity index (χ3v) is 7.22. The Morgan fingerprint density at radius 2 is 1.76 bits per heavy atom. The van der Waals surface area contributed by atoms with Crippen LogP contribution < -0.4 is 22.1 Å². The van der Waals surface area contributed by atoms with Gasteiger partial charge in [0, 0.05) is 70.5 Å². The van der Waals surface area contributed by atoms with Gasteiger partial charge >= 0.3 is 11.7 Å². The predicted molar refractivity (Wildman–Crippen MR) is 143 cm³/mol. The quantitative estimate of drug-likeness (QED) is 0.512. The van der Waals surface area contributed by atoms with E-state index < -0.39 is 11.2 Å². The molecule has 0 radical (unpaired) electrons. The molecule has 0 bridgehead atoms. The Kier molecular flexibility index (Phi) is 7.88. The molecule has 3 saturated heterocycles. The van der Waals surface area contributed by atoms with Gasteiger partial charge in [0.1, 0.15) is 5.82 Å². The molecule has 11 nitrogen and oxygen atoms in total. The number of carbonyl (C=O) groups is 2. The van der Waals surface area contributed by atoms with Crippen molar-refractivity contribution >= 4 is 30.2 Å². The third kappa shape index (κ3) is 5.96. The summed E-state index contributed by atoms with van der Waals surface area (Å²) in [5, 5.41) is 6.16. The minimum Gasteiger partial charge on any atom is -0.338 e. The molecule has 3 aliphatic rings. The van der Waals surface area contributed by atoms with Gasteiger partial charge in [0.25, 0.3) is 0 Å². The van der Waals surface area contributed by atoms with Gasteiger partial charge in [-0.2, -0.15) is 4.98 Å². The van der Waals surface area contributed by atoms with Gasteiger partial charge in [-0.15, -0.1) is 12.4 Å². The van der Waals surface area contributed by atoms with Gasteiger partial charge in [0.05, 0.1) is 11.2 Å². The molecule has 4 N–H and O–H groups in total. The summed E-state index contributed by atoms with van der Waals surface area (Å²) in [5.74, 6) is 0.836. The summed E-state index contributed by atoms with van der Waals surface area (Å²) >= 11 is 0. The number of hydrogen-bond donors (Lipinski definition) is 3. The van der Waals surface area contributed by atoms with E-state index in [2.05, 4.69) is 20.5 Å². The summed E-state index contributed by atoms with van der Waals surface area (Å²) in [7, 11) is 0. The number of nitrogens with one attached hydrogen (secondary N) is 2. The monoisotopic (exact) mass is 530 g/mol. The van der Waals surface area contributed by atoms with Crippen molar-refractivity contribution < 1.29 is 9.59 Å². The third-order valence-electron chi connectivity index (χ3n) is 7.22. The number of piperazine rings is 1. The molecule has 200 valence electrons. The van der Waals surface area contributed by atoms with E-state index >= 15 is 0 Å². The molecule has 0 aliphatic carbocycles. The maximum absolute atomic E-state index is 12.7. The van der Waals surface area contributed by atoms with Crippen LogP contribution in [0.25, 0.3) is 5.69 Å². The van der Waals surface area contributed by atoms with E-state index in [1.165, 1.54) is 10.1 Å². The first-order valence-corrected chi connectivity index (χ1v) is 12.5. The highest BCUT2D eigenvalue weighted by Crippen LogP contribution is 2.25. The van der Waals surface area contributed by atoms with E-state index in [0.29, 0.717) is 32.2 Å². The number of carbonyl (C=O) groups excluding carboxylic acids is 2. The van der Waals surface area contributed by atoms with Crippen molar-refractivity contribution in [3.8, 4) is 5.69 Å². The Hall–Kier alpha value is -2.99. The minimum atomic E-state index is -0.941. The lowest BCUT2D eigenvalue weighted by Gasteiger charge is -2.37. The number of likely N-dealkylation sites (tertiary alicyclic amines) is 1. The number of urea groups is 1. The number of anilines is 1. The zero-order chi connectivity index (χ0) is 25.4. The Morgan fingerprint density at radius 3 is 2.30 bits per heavy atom. The highest BCUT2D eigenvalue weighted by molar-refractivity contribution is 5.89. The summed E-state index contributed by atoms with van der Waals surface area (Å²) in [4.78, 5) is 47.4. The average molecular weight is 531 g/mol. The van der Waals surface area contributed by atoms with Crippen LogP contribution in [0, 0.1) is 5.92 Å². The van der Waals surface area contributed by atoms with Crippen LogP contribution in [0.5, 0.6) is 0 Å². The molecular formula is C25H35ClN8O3. The minimum absolute atomic E-state index is 0. The van der Waals surface area contributed by atoms with E-state index in [1.54, 1.807) is 35.9 Å². The van der Waals surface area contributed by atoms with Crippen LogP contribution >= 0.6 is 12.4 Å². The van der Waals surface area contributed by atoms with E-state index in [-0.39, 0.29) is 30.2 Å². The van der Waals surface area contributed by atoms with Gasteiger partial charge < -0.3 is 20.9 Å². The fourth-order valence-electron chi connectivity index (χ4n) is 5.07. The Balaban J connectivity index is 0.00000320. The van der Waals surface area contributed by atoms with Crippen molar-refractivity contribution in [2.45, 2.75) is 32.0 Å². The standard InChI is InChI=1S/C25H34N8O3.ClH/c1-25(2,26)22(34)31-9-11-32(12-10-31)23(35)28-21-7-8-33(24(36)29-21)19-5-3-17(4-6-19)14-30-15-18-13-27-20(18)16-30;/h3-8,18,20,27H,9-16,26H2,1-2H3,(H,28,29,35,36);1H/t18-,20+;/m0./s1. The normalized spacial score (nSPS) is 21.6. The van der Waals surface area contributed by atoms with Crippen LogP contribution in [0.15, 0.2) is 41.3 Å². The summed E-state index contributed by atoms with van der Waals surface area (Å²) in [6, 6.07) is 9.82. The van der Waals surface area contributed by atoms with Crippen molar-refractivity contribution in [3.05, 3.63) is 52.6 Å². The molecule has 0 unspecified atom stereocenters. The number of nitrogens with two attached hydrogens (primary N) is 1. The molecule has 1 aromatic heterocycles.